The number of rotatable bonds is 3. The van der Waals surface area contributed by atoms with Crippen molar-refractivity contribution in [1.29, 1.82) is 0 Å². The van der Waals surface area contributed by atoms with E-state index in [-0.39, 0.29) is 0 Å². The standard InChI is InChI=1S/C11H11F3INO/c1-7(16-10(17)11(12,13)14)6-8-2-4-9(15)5-3-8/h2-5,7H,6H2,1H3,(H,16,17). The largest absolute Gasteiger partial charge is 0.471 e. The van der Waals surface area contributed by atoms with Crippen LogP contribution in [0.2, 0.25) is 0 Å². The van der Waals surface area contributed by atoms with Gasteiger partial charge in [-0.3, -0.25) is 4.79 Å². The predicted octanol–water partition coefficient (Wildman–Crippen LogP) is 2.90. The zero-order chi connectivity index (χ0) is 13.1. The fraction of sp³-hybridized carbons (Fsp3) is 0.364. The van der Waals surface area contributed by atoms with E-state index < -0.39 is 18.1 Å². The van der Waals surface area contributed by atoms with E-state index in [1.165, 1.54) is 0 Å². The Bertz CT molecular complexity index is 389. The second-order valence-electron chi connectivity index (χ2n) is 3.70. The van der Waals surface area contributed by atoms with Gasteiger partial charge in [0, 0.05) is 9.61 Å². The number of carbonyl (C=O) groups is 1. The van der Waals surface area contributed by atoms with Gasteiger partial charge in [0.2, 0.25) is 0 Å². The van der Waals surface area contributed by atoms with Crippen molar-refractivity contribution in [2.75, 3.05) is 0 Å². The molecule has 94 valence electrons. The quantitative estimate of drug-likeness (QED) is 0.829. The second-order valence-corrected chi connectivity index (χ2v) is 4.95. The number of benzene rings is 1. The molecule has 1 unspecified atom stereocenters. The molecule has 0 saturated carbocycles. The summed E-state index contributed by atoms with van der Waals surface area (Å²) in [4.78, 5) is 10.7. The zero-order valence-corrected chi connectivity index (χ0v) is 11.2. The number of nitrogens with one attached hydrogen (secondary N) is 1. The predicted molar refractivity (Wildman–Crippen MR) is 66.5 cm³/mol. The van der Waals surface area contributed by atoms with Crippen molar-refractivity contribution in [2.24, 2.45) is 0 Å². The van der Waals surface area contributed by atoms with Crippen LogP contribution in [0.1, 0.15) is 12.5 Å². The minimum absolute atomic E-state index is 0.374. The number of hydrogen-bond acceptors (Lipinski definition) is 1. The average molecular weight is 357 g/mol. The van der Waals surface area contributed by atoms with Gasteiger partial charge in [0.15, 0.2) is 0 Å². The highest BCUT2D eigenvalue weighted by Gasteiger charge is 2.39. The normalized spacial score (nSPS) is 13.2. The van der Waals surface area contributed by atoms with Crippen molar-refractivity contribution in [3.63, 3.8) is 0 Å². The van der Waals surface area contributed by atoms with Gasteiger partial charge in [-0.25, -0.2) is 0 Å². The van der Waals surface area contributed by atoms with Crippen molar-refractivity contribution < 1.29 is 18.0 Å². The van der Waals surface area contributed by atoms with Gasteiger partial charge in [-0.1, -0.05) is 12.1 Å². The molecule has 0 spiro atoms. The minimum atomic E-state index is -4.82. The van der Waals surface area contributed by atoms with Crippen LogP contribution < -0.4 is 5.32 Å². The van der Waals surface area contributed by atoms with Gasteiger partial charge >= 0.3 is 12.1 Å². The highest BCUT2D eigenvalue weighted by Crippen LogP contribution is 2.15. The lowest BCUT2D eigenvalue weighted by molar-refractivity contribution is -0.174. The molecule has 0 radical (unpaired) electrons. The second kappa shape index (κ2) is 5.70. The molecule has 0 aliphatic carbocycles. The van der Waals surface area contributed by atoms with Gasteiger partial charge in [0.05, 0.1) is 0 Å². The Labute approximate surface area is 111 Å². The SMILES string of the molecule is CC(Cc1ccc(I)cc1)NC(=O)C(F)(F)F. The van der Waals surface area contributed by atoms with Crippen LogP contribution in [-0.4, -0.2) is 18.1 Å². The van der Waals surface area contributed by atoms with Gasteiger partial charge in [0.1, 0.15) is 0 Å². The van der Waals surface area contributed by atoms with Crippen molar-refractivity contribution in [1.82, 2.24) is 5.32 Å². The van der Waals surface area contributed by atoms with E-state index in [2.05, 4.69) is 22.6 Å². The molecule has 0 bridgehead atoms. The first-order valence-electron chi connectivity index (χ1n) is 4.91. The molecule has 0 aromatic heterocycles. The number of amides is 1. The molecule has 1 N–H and O–H groups in total. The number of alkyl halides is 3. The first kappa shape index (κ1) is 14.3. The van der Waals surface area contributed by atoms with E-state index in [9.17, 15) is 18.0 Å². The van der Waals surface area contributed by atoms with Gasteiger partial charge < -0.3 is 5.32 Å². The summed E-state index contributed by atoms with van der Waals surface area (Å²) in [7, 11) is 0. The smallest absolute Gasteiger partial charge is 0.345 e. The topological polar surface area (TPSA) is 29.1 Å². The Balaban J connectivity index is 2.53. The summed E-state index contributed by atoms with van der Waals surface area (Å²) in [5, 5.41) is 1.92. The number of carbonyl (C=O) groups excluding carboxylic acids is 1. The third-order valence-corrected chi connectivity index (χ3v) is 2.81. The first-order chi connectivity index (χ1) is 7.79. The summed E-state index contributed by atoms with van der Waals surface area (Å²) in [6.45, 7) is 1.54. The molecule has 1 aromatic carbocycles. The monoisotopic (exact) mass is 357 g/mol. The Kier molecular flexibility index (Phi) is 4.79. The molecule has 1 amide bonds. The summed E-state index contributed by atoms with van der Waals surface area (Å²) in [6.07, 6.45) is -4.45. The summed E-state index contributed by atoms with van der Waals surface area (Å²) in [5.41, 5.74) is 0.889. The molecule has 0 fully saturated rings. The molecule has 0 aliphatic heterocycles. The molecule has 2 nitrogen and oxygen atoms in total. The van der Waals surface area contributed by atoms with Crippen molar-refractivity contribution >= 4 is 28.5 Å². The molecule has 1 atom stereocenters. The van der Waals surface area contributed by atoms with Crippen LogP contribution in [0.5, 0.6) is 0 Å². The first-order valence-corrected chi connectivity index (χ1v) is 5.99. The third-order valence-electron chi connectivity index (χ3n) is 2.09. The number of halogens is 4. The number of hydrogen-bond donors (Lipinski definition) is 1. The average Bonchev–Trinajstić information content (AvgIpc) is 2.20. The van der Waals surface area contributed by atoms with Gasteiger partial charge in [0.25, 0.3) is 0 Å². The Morgan fingerprint density at radius 1 is 1.35 bits per heavy atom. The van der Waals surface area contributed by atoms with Crippen LogP contribution in [0.15, 0.2) is 24.3 Å². The summed E-state index contributed by atoms with van der Waals surface area (Å²) >= 11 is 2.14. The van der Waals surface area contributed by atoms with E-state index in [0.717, 1.165) is 9.13 Å². The Morgan fingerprint density at radius 3 is 2.35 bits per heavy atom. The highest BCUT2D eigenvalue weighted by molar-refractivity contribution is 14.1. The van der Waals surface area contributed by atoms with Crippen molar-refractivity contribution in [3.8, 4) is 0 Å². The molecule has 1 aromatic rings. The molecule has 0 heterocycles. The van der Waals surface area contributed by atoms with Crippen LogP contribution in [0.3, 0.4) is 0 Å². The highest BCUT2D eigenvalue weighted by atomic mass is 127. The molecule has 6 heteroatoms. The van der Waals surface area contributed by atoms with Crippen LogP contribution in [0.25, 0.3) is 0 Å². The van der Waals surface area contributed by atoms with Crippen LogP contribution in [0, 0.1) is 3.57 Å². The Hall–Kier alpha value is -0.790. The molecule has 0 saturated heterocycles. The van der Waals surface area contributed by atoms with Crippen LogP contribution in [0.4, 0.5) is 13.2 Å². The molecule has 17 heavy (non-hydrogen) atoms. The molecule has 0 aliphatic rings. The maximum Gasteiger partial charge on any atom is 0.471 e. The van der Waals surface area contributed by atoms with E-state index in [4.69, 9.17) is 0 Å². The van der Waals surface area contributed by atoms with Crippen molar-refractivity contribution in [3.05, 3.63) is 33.4 Å². The zero-order valence-electron chi connectivity index (χ0n) is 9.01. The lowest BCUT2D eigenvalue weighted by Gasteiger charge is -2.15. The maximum absolute atomic E-state index is 12.0. The van der Waals surface area contributed by atoms with E-state index in [1.807, 2.05) is 29.6 Å². The van der Waals surface area contributed by atoms with Gasteiger partial charge in [-0.05, 0) is 53.6 Å². The molecular formula is C11H11F3INO. The van der Waals surface area contributed by atoms with E-state index in [1.54, 1.807) is 6.92 Å². The fourth-order valence-electron chi connectivity index (χ4n) is 1.33. The van der Waals surface area contributed by atoms with E-state index >= 15 is 0 Å². The maximum atomic E-state index is 12.0. The molecule has 1 rings (SSSR count). The fourth-order valence-corrected chi connectivity index (χ4v) is 1.69. The Morgan fingerprint density at radius 2 is 1.88 bits per heavy atom. The third kappa shape index (κ3) is 4.93. The van der Waals surface area contributed by atoms with Crippen molar-refractivity contribution in [2.45, 2.75) is 25.6 Å². The van der Waals surface area contributed by atoms with E-state index in [0.29, 0.717) is 6.42 Å². The van der Waals surface area contributed by atoms with Gasteiger partial charge in [-0.2, -0.15) is 13.2 Å². The summed E-state index contributed by atoms with van der Waals surface area (Å²) in [5.74, 6) is -1.89. The molecular weight excluding hydrogens is 346 g/mol. The lowest BCUT2D eigenvalue weighted by Crippen LogP contribution is -2.42. The van der Waals surface area contributed by atoms with Crippen LogP contribution in [-0.2, 0) is 11.2 Å². The lowest BCUT2D eigenvalue weighted by atomic mass is 10.1. The minimum Gasteiger partial charge on any atom is -0.345 e. The summed E-state index contributed by atoms with van der Waals surface area (Å²) < 4.78 is 37.0. The summed E-state index contributed by atoms with van der Waals surface area (Å²) in [6, 6.07) is 6.85. The van der Waals surface area contributed by atoms with Crippen LogP contribution >= 0.6 is 22.6 Å². The van der Waals surface area contributed by atoms with Gasteiger partial charge in [-0.15, -0.1) is 0 Å².